The fraction of sp³-hybridized carbons (Fsp3) is 0.588. The summed E-state index contributed by atoms with van der Waals surface area (Å²) in [5, 5.41) is 13.1. The van der Waals surface area contributed by atoms with Gasteiger partial charge in [0.15, 0.2) is 0 Å². The topological polar surface area (TPSA) is 39.1 Å². The van der Waals surface area contributed by atoms with Crippen LogP contribution >= 0.6 is 0 Å². The Morgan fingerprint density at radius 2 is 2.05 bits per heavy atom. The van der Waals surface area contributed by atoms with Crippen LogP contribution in [0.1, 0.15) is 26.3 Å². The van der Waals surface area contributed by atoms with E-state index in [9.17, 15) is 5.26 Å². The zero-order valence-electron chi connectivity index (χ0n) is 12.6. The third kappa shape index (κ3) is 1.87. The van der Waals surface area contributed by atoms with Crippen molar-refractivity contribution in [2.24, 2.45) is 11.3 Å². The van der Waals surface area contributed by atoms with Gasteiger partial charge in [0.2, 0.25) is 0 Å². The molecule has 2 saturated heterocycles. The van der Waals surface area contributed by atoms with E-state index in [1.54, 1.807) is 0 Å². The van der Waals surface area contributed by atoms with E-state index in [0.29, 0.717) is 6.04 Å². The molecule has 2 aliphatic heterocycles. The minimum absolute atomic E-state index is 0.0994. The highest BCUT2D eigenvalue weighted by atomic mass is 15.4. The SMILES string of the molecule is CC(C)(C)[C@]12CN(Cc3ccccc3)[C@H]1[C@H](C#N)CN2. The fourth-order valence-corrected chi connectivity index (χ4v) is 3.91. The molecule has 0 aliphatic carbocycles. The highest BCUT2D eigenvalue weighted by Crippen LogP contribution is 2.49. The summed E-state index contributed by atoms with van der Waals surface area (Å²) in [5.41, 5.74) is 1.61. The molecule has 0 aromatic heterocycles. The van der Waals surface area contributed by atoms with Crippen molar-refractivity contribution in [1.82, 2.24) is 10.2 Å². The lowest BCUT2D eigenvalue weighted by atomic mass is 9.62. The van der Waals surface area contributed by atoms with E-state index >= 15 is 0 Å². The quantitative estimate of drug-likeness (QED) is 0.896. The first-order chi connectivity index (χ1) is 9.48. The molecule has 2 heterocycles. The highest BCUT2D eigenvalue weighted by Gasteiger charge is 2.64. The van der Waals surface area contributed by atoms with Crippen molar-refractivity contribution in [2.75, 3.05) is 13.1 Å². The molecule has 3 atom stereocenters. The molecule has 20 heavy (non-hydrogen) atoms. The minimum atomic E-state index is 0.0994. The lowest BCUT2D eigenvalue weighted by Gasteiger charge is -2.61. The van der Waals surface area contributed by atoms with Crippen LogP contribution in [0.25, 0.3) is 0 Å². The van der Waals surface area contributed by atoms with Crippen LogP contribution in [0.4, 0.5) is 0 Å². The molecule has 1 aromatic rings. The number of nitriles is 1. The van der Waals surface area contributed by atoms with Crippen LogP contribution in [0.15, 0.2) is 30.3 Å². The van der Waals surface area contributed by atoms with E-state index in [-0.39, 0.29) is 16.9 Å². The first kappa shape index (κ1) is 13.6. The van der Waals surface area contributed by atoms with Crippen molar-refractivity contribution in [1.29, 1.82) is 5.26 Å². The van der Waals surface area contributed by atoms with E-state index in [1.807, 2.05) is 6.07 Å². The van der Waals surface area contributed by atoms with Gasteiger partial charge < -0.3 is 5.32 Å². The fourth-order valence-electron chi connectivity index (χ4n) is 3.91. The molecule has 0 radical (unpaired) electrons. The predicted molar refractivity (Wildman–Crippen MR) is 79.9 cm³/mol. The number of nitrogens with one attached hydrogen (secondary N) is 1. The minimum Gasteiger partial charge on any atom is -0.307 e. The summed E-state index contributed by atoms with van der Waals surface area (Å²) >= 11 is 0. The molecule has 3 heteroatoms. The second-order valence-electron chi connectivity index (χ2n) is 7.17. The number of hydrogen-bond acceptors (Lipinski definition) is 3. The van der Waals surface area contributed by atoms with Crippen LogP contribution in [-0.2, 0) is 6.54 Å². The van der Waals surface area contributed by atoms with Gasteiger partial charge in [0.25, 0.3) is 0 Å². The standard InChI is InChI=1S/C17H23N3/c1-16(2,3)17-12-20(11-13-7-5-4-6-8-13)15(17)14(9-18)10-19-17/h4-8,14-15,19H,10-12H2,1-3H3/t14-,15+,17+/m1/s1. The number of hydrogen-bond donors (Lipinski definition) is 1. The molecular weight excluding hydrogens is 246 g/mol. The Balaban J connectivity index is 1.82. The monoisotopic (exact) mass is 269 g/mol. The van der Waals surface area contributed by atoms with Crippen LogP contribution in [-0.4, -0.2) is 29.6 Å². The Kier molecular flexibility index (Phi) is 3.12. The molecule has 1 aromatic carbocycles. The van der Waals surface area contributed by atoms with Crippen LogP contribution in [0.3, 0.4) is 0 Å². The molecule has 0 unspecified atom stereocenters. The summed E-state index contributed by atoms with van der Waals surface area (Å²) in [4.78, 5) is 2.47. The Morgan fingerprint density at radius 1 is 1.35 bits per heavy atom. The molecular formula is C17H23N3. The van der Waals surface area contributed by atoms with Crippen LogP contribution in [0.5, 0.6) is 0 Å². The van der Waals surface area contributed by atoms with Crippen molar-refractivity contribution < 1.29 is 0 Å². The maximum atomic E-state index is 9.44. The van der Waals surface area contributed by atoms with Gasteiger partial charge in [-0.05, 0) is 11.0 Å². The number of benzene rings is 1. The maximum absolute atomic E-state index is 9.44. The summed E-state index contributed by atoms with van der Waals surface area (Å²) in [7, 11) is 0. The molecule has 0 bridgehead atoms. The van der Waals surface area contributed by atoms with E-state index in [2.05, 4.69) is 61.3 Å². The molecule has 1 N–H and O–H groups in total. The van der Waals surface area contributed by atoms with Gasteiger partial charge in [-0.25, -0.2) is 0 Å². The van der Waals surface area contributed by atoms with E-state index in [0.717, 1.165) is 19.6 Å². The van der Waals surface area contributed by atoms with Gasteiger partial charge >= 0.3 is 0 Å². The summed E-state index contributed by atoms with van der Waals surface area (Å²) in [6.07, 6.45) is 0. The third-order valence-corrected chi connectivity index (χ3v) is 5.10. The highest BCUT2D eigenvalue weighted by molar-refractivity contribution is 5.27. The Bertz CT molecular complexity index is 525. The van der Waals surface area contributed by atoms with Gasteiger partial charge in [0.05, 0.1) is 17.5 Å². The third-order valence-electron chi connectivity index (χ3n) is 5.10. The second-order valence-corrected chi connectivity index (χ2v) is 7.17. The van der Waals surface area contributed by atoms with E-state index in [1.165, 1.54) is 5.56 Å². The van der Waals surface area contributed by atoms with E-state index in [4.69, 9.17) is 0 Å². The normalized spacial score (nSPS) is 33.3. The van der Waals surface area contributed by atoms with Gasteiger partial charge in [-0.1, -0.05) is 51.1 Å². The average Bonchev–Trinajstić information content (AvgIpc) is 2.70. The lowest BCUT2D eigenvalue weighted by molar-refractivity contribution is -0.0804. The smallest absolute Gasteiger partial charge is 0.0762 e. The summed E-state index contributed by atoms with van der Waals surface area (Å²) in [5.74, 6) is 0.103. The summed E-state index contributed by atoms with van der Waals surface area (Å²) in [6, 6.07) is 13.4. The summed E-state index contributed by atoms with van der Waals surface area (Å²) < 4.78 is 0. The van der Waals surface area contributed by atoms with Crippen LogP contribution in [0.2, 0.25) is 0 Å². The van der Waals surface area contributed by atoms with E-state index < -0.39 is 0 Å². The molecule has 0 spiro atoms. The number of likely N-dealkylation sites (tertiary alicyclic amines) is 1. The molecule has 0 saturated carbocycles. The Hall–Kier alpha value is -1.37. The van der Waals surface area contributed by atoms with Crippen LogP contribution < -0.4 is 5.32 Å². The lowest BCUT2D eigenvalue weighted by Crippen LogP contribution is -2.77. The zero-order chi connectivity index (χ0) is 14.4. The summed E-state index contributed by atoms with van der Waals surface area (Å²) in [6.45, 7) is 9.66. The largest absolute Gasteiger partial charge is 0.307 e. The van der Waals surface area contributed by atoms with Crippen molar-refractivity contribution in [3.05, 3.63) is 35.9 Å². The molecule has 2 fully saturated rings. The Labute approximate surface area is 121 Å². The Morgan fingerprint density at radius 3 is 2.65 bits per heavy atom. The molecule has 0 amide bonds. The molecule has 3 rings (SSSR count). The van der Waals surface area contributed by atoms with Gasteiger partial charge in [0, 0.05) is 25.7 Å². The van der Waals surface area contributed by atoms with Gasteiger partial charge in [-0.2, -0.15) is 5.26 Å². The molecule has 2 aliphatic rings. The second kappa shape index (κ2) is 4.58. The van der Waals surface area contributed by atoms with Gasteiger partial charge in [0.1, 0.15) is 0 Å². The molecule has 3 nitrogen and oxygen atoms in total. The first-order valence-corrected chi connectivity index (χ1v) is 7.40. The van der Waals surface area contributed by atoms with Gasteiger partial charge in [-0.15, -0.1) is 0 Å². The van der Waals surface area contributed by atoms with Crippen molar-refractivity contribution in [3.8, 4) is 6.07 Å². The maximum Gasteiger partial charge on any atom is 0.0762 e. The van der Waals surface area contributed by atoms with Crippen molar-refractivity contribution in [2.45, 2.75) is 38.9 Å². The number of rotatable bonds is 2. The van der Waals surface area contributed by atoms with Crippen molar-refractivity contribution >= 4 is 0 Å². The molecule has 106 valence electrons. The average molecular weight is 269 g/mol. The predicted octanol–water partition coefficient (Wildman–Crippen LogP) is 2.40. The zero-order valence-corrected chi connectivity index (χ0v) is 12.6. The number of nitrogens with zero attached hydrogens (tertiary/aromatic N) is 2. The number of fused-ring (bicyclic) bond motifs is 1. The van der Waals surface area contributed by atoms with Crippen LogP contribution in [0, 0.1) is 22.7 Å². The van der Waals surface area contributed by atoms with Gasteiger partial charge in [-0.3, -0.25) is 4.90 Å². The first-order valence-electron chi connectivity index (χ1n) is 7.40. The van der Waals surface area contributed by atoms with Crippen molar-refractivity contribution in [3.63, 3.8) is 0 Å².